The number of aromatic nitrogens is 1. The Morgan fingerprint density at radius 1 is 1.05 bits per heavy atom. The molecule has 1 aromatic rings. The highest BCUT2D eigenvalue weighted by Gasteiger charge is 2.30. The van der Waals surface area contributed by atoms with E-state index in [2.05, 4.69) is 18.8 Å². The first-order valence-corrected chi connectivity index (χ1v) is 7.09. The number of carbonyl (C=O) groups excluding carboxylic acids is 2. The van der Waals surface area contributed by atoms with Gasteiger partial charge in [-0.3, -0.25) is 14.6 Å². The Hall–Kier alpha value is -1.91. The highest BCUT2D eigenvalue weighted by atomic mass is 16.2. The number of rotatable bonds is 2. The van der Waals surface area contributed by atoms with E-state index in [1.54, 1.807) is 28.1 Å². The number of carbonyl (C=O) groups is 2. The Balaban J connectivity index is 1.72. The van der Waals surface area contributed by atoms with E-state index < -0.39 is 0 Å². The molecule has 2 aliphatic heterocycles. The molecule has 0 N–H and O–H groups in total. The summed E-state index contributed by atoms with van der Waals surface area (Å²) >= 11 is 0. The molecule has 20 heavy (non-hydrogen) atoms. The molecule has 0 aliphatic carbocycles. The van der Waals surface area contributed by atoms with Gasteiger partial charge in [-0.15, -0.1) is 0 Å². The predicted octanol–water partition coefficient (Wildman–Crippen LogP) is 1.27. The van der Waals surface area contributed by atoms with E-state index in [1.807, 2.05) is 0 Å². The third-order valence-corrected chi connectivity index (χ3v) is 3.93. The van der Waals surface area contributed by atoms with E-state index in [4.69, 9.17) is 0 Å². The fourth-order valence-corrected chi connectivity index (χ4v) is 2.75. The van der Waals surface area contributed by atoms with E-state index >= 15 is 0 Å². The van der Waals surface area contributed by atoms with Crippen molar-refractivity contribution < 1.29 is 9.59 Å². The summed E-state index contributed by atoms with van der Waals surface area (Å²) in [7, 11) is 0. The summed E-state index contributed by atoms with van der Waals surface area (Å²) in [4.78, 5) is 32.1. The van der Waals surface area contributed by atoms with Crippen LogP contribution in [-0.4, -0.2) is 52.8 Å². The summed E-state index contributed by atoms with van der Waals surface area (Å²) in [5, 5.41) is 0. The molecule has 0 spiro atoms. The first-order valence-electron chi connectivity index (χ1n) is 7.09. The van der Waals surface area contributed by atoms with E-state index in [0.29, 0.717) is 23.1 Å². The van der Waals surface area contributed by atoms with Crippen molar-refractivity contribution in [3.8, 4) is 0 Å². The maximum Gasteiger partial charge on any atom is 0.272 e. The lowest BCUT2D eigenvalue weighted by molar-refractivity contribution is 0.0521. The molecule has 0 atom stereocenters. The molecule has 3 heterocycles. The van der Waals surface area contributed by atoms with Crippen LogP contribution >= 0.6 is 0 Å². The van der Waals surface area contributed by atoms with E-state index in [9.17, 15) is 9.59 Å². The van der Waals surface area contributed by atoms with Gasteiger partial charge in [0.1, 0.15) is 5.69 Å². The minimum absolute atomic E-state index is 0.00322. The highest BCUT2D eigenvalue weighted by Crippen LogP contribution is 2.20. The second-order valence-electron chi connectivity index (χ2n) is 6.06. The van der Waals surface area contributed by atoms with Crippen molar-refractivity contribution in [2.24, 2.45) is 11.8 Å². The number of hydrogen-bond donors (Lipinski definition) is 0. The summed E-state index contributed by atoms with van der Waals surface area (Å²) < 4.78 is 0. The van der Waals surface area contributed by atoms with Gasteiger partial charge >= 0.3 is 0 Å². The zero-order valence-electron chi connectivity index (χ0n) is 11.9. The molecule has 0 unspecified atom stereocenters. The zero-order chi connectivity index (χ0) is 14.3. The second kappa shape index (κ2) is 4.89. The summed E-state index contributed by atoms with van der Waals surface area (Å²) in [6, 6.07) is 3.30. The molecule has 0 saturated carbocycles. The van der Waals surface area contributed by atoms with Gasteiger partial charge in [0.05, 0.1) is 0 Å². The van der Waals surface area contributed by atoms with Crippen LogP contribution in [0.4, 0.5) is 0 Å². The molecular formula is C15H19N3O2. The van der Waals surface area contributed by atoms with Crippen LogP contribution in [0.15, 0.2) is 18.3 Å². The standard InChI is InChI=1S/C15H19N3O2/c1-10-6-17(7-10)14(19)12-3-4-16-13(5-12)15(20)18-8-11(2)9-18/h3-5,10-11H,6-9H2,1-2H3. The maximum atomic E-state index is 12.2. The first kappa shape index (κ1) is 13.1. The average molecular weight is 273 g/mol. The predicted molar refractivity (Wildman–Crippen MR) is 74.4 cm³/mol. The number of nitrogens with zero attached hydrogens (tertiary/aromatic N) is 3. The van der Waals surface area contributed by atoms with Crippen LogP contribution in [0, 0.1) is 11.8 Å². The topological polar surface area (TPSA) is 53.5 Å². The van der Waals surface area contributed by atoms with Crippen molar-refractivity contribution in [2.45, 2.75) is 13.8 Å². The normalized spacial score (nSPS) is 19.5. The Kier molecular flexibility index (Phi) is 3.20. The summed E-state index contributed by atoms with van der Waals surface area (Å²) in [5.41, 5.74) is 0.931. The van der Waals surface area contributed by atoms with Crippen LogP contribution in [0.25, 0.3) is 0 Å². The minimum Gasteiger partial charge on any atom is -0.338 e. The fraction of sp³-hybridized carbons (Fsp3) is 0.533. The Morgan fingerprint density at radius 3 is 2.15 bits per heavy atom. The molecule has 1 aromatic heterocycles. The summed E-state index contributed by atoms with van der Waals surface area (Å²) in [5.74, 6) is 1.06. The Bertz CT molecular complexity index is 501. The minimum atomic E-state index is -0.0743. The third kappa shape index (κ3) is 2.28. The highest BCUT2D eigenvalue weighted by molar-refractivity contribution is 5.98. The first-order chi connectivity index (χ1) is 9.54. The molecule has 0 bridgehead atoms. The number of amides is 2. The SMILES string of the molecule is CC1CN(C(=O)c2ccnc(C(=O)N3CC(C)C3)c2)C1. The van der Waals surface area contributed by atoms with Crippen LogP contribution < -0.4 is 0 Å². The molecule has 2 fully saturated rings. The van der Waals surface area contributed by atoms with Gasteiger partial charge < -0.3 is 9.80 Å². The molecule has 5 nitrogen and oxygen atoms in total. The van der Waals surface area contributed by atoms with Gasteiger partial charge in [-0.05, 0) is 24.0 Å². The number of likely N-dealkylation sites (tertiary alicyclic amines) is 2. The number of hydrogen-bond acceptors (Lipinski definition) is 3. The van der Waals surface area contributed by atoms with E-state index in [1.165, 1.54) is 0 Å². The van der Waals surface area contributed by atoms with Crippen LogP contribution in [0.1, 0.15) is 34.7 Å². The quantitative estimate of drug-likeness (QED) is 0.815. The molecule has 2 amide bonds. The van der Waals surface area contributed by atoms with Gasteiger partial charge in [0.25, 0.3) is 11.8 Å². The van der Waals surface area contributed by atoms with Crippen LogP contribution in [0.5, 0.6) is 0 Å². The van der Waals surface area contributed by atoms with E-state index in [-0.39, 0.29) is 11.8 Å². The van der Waals surface area contributed by atoms with Gasteiger partial charge in [-0.1, -0.05) is 13.8 Å². The van der Waals surface area contributed by atoms with Gasteiger partial charge in [-0.2, -0.15) is 0 Å². The summed E-state index contributed by atoms with van der Waals surface area (Å²) in [6.07, 6.45) is 1.55. The van der Waals surface area contributed by atoms with Crippen LogP contribution in [0.2, 0.25) is 0 Å². The third-order valence-electron chi connectivity index (χ3n) is 3.93. The monoisotopic (exact) mass is 273 g/mol. The Morgan fingerprint density at radius 2 is 1.60 bits per heavy atom. The van der Waals surface area contributed by atoms with Crippen molar-refractivity contribution in [3.63, 3.8) is 0 Å². The second-order valence-corrected chi connectivity index (χ2v) is 6.06. The van der Waals surface area contributed by atoms with Crippen molar-refractivity contribution >= 4 is 11.8 Å². The van der Waals surface area contributed by atoms with Crippen LogP contribution in [0.3, 0.4) is 0 Å². The summed E-state index contributed by atoms with van der Waals surface area (Å²) in [6.45, 7) is 7.39. The molecule has 2 aliphatic rings. The van der Waals surface area contributed by atoms with Crippen LogP contribution in [-0.2, 0) is 0 Å². The lowest BCUT2D eigenvalue weighted by Crippen LogP contribution is -2.49. The van der Waals surface area contributed by atoms with Crippen molar-refractivity contribution in [1.82, 2.24) is 14.8 Å². The molecule has 0 radical (unpaired) electrons. The maximum absolute atomic E-state index is 12.2. The van der Waals surface area contributed by atoms with Gasteiger partial charge in [0.15, 0.2) is 0 Å². The lowest BCUT2D eigenvalue weighted by Gasteiger charge is -2.37. The fourth-order valence-electron chi connectivity index (χ4n) is 2.75. The molecule has 2 saturated heterocycles. The molecule has 106 valence electrons. The van der Waals surface area contributed by atoms with Crippen molar-refractivity contribution in [3.05, 3.63) is 29.6 Å². The molecule has 3 rings (SSSR count). The largest absolute Gasteiger partial charge is 0.338 e. The van der Waals surface area contributed by atoms with Gasteiger partial charge in [0.2, 0.25) is 0 Å². The molecule has 5 heteroatoms. The molecule has 0 aromatic carbocycles. The van der Waals surface area contributed by atoms with E-state index in [0.717, 1.165) is 26.2 Å². The average Bonchev–Trinajstić information content (AvgIpc) is 2.39. The Labute approximate surface area is 118 Å². The van der Waals surface area contributed by atoms with Crippen molar-refractivity contribution in [2.75, 3.05) is 26.2 Å². The smallest absolute Gasteiger partial charge is 0.272 e. The van der Waals surface area contributed by atoms with Crippen molar-refractivity contribution in [1.29, 1.82) is 0 Å². The van der Waals surface area contributed by atoms with Gasteiger partial charge in [-0.25, -0.2) is 0 Å². The zero-order valence-corrected chi connectivity index (χ0v) is 11.9. The number of pyridine rings is 1. The lowest BCUT2D eigenvalue weighted by atomic mass is 10.0. The van der Waals surface area contributed by atoms with Gasteiger partial charge in [0, 0.05) is 37.9 Å². The molecular weight excluding hydrogens is 254 g/mol.